The van der Waals surface area contributed by atoms with Crippen LogP contribution in [0.4, 0.5) is 0 Å². The molecule has 0 rings (SSSR count). The second kappa shape index (κ2) is 19.1. The van der Waals surface area contributed by atoms with Crippen molar-refractivity contribution >= 4 is 11.9 Å². The van der Waals surface area contributed by atoms with Gasteiger partial charge in [-0.15, -0.1) is 0 Å². The Kier molecular flexibility index (Phi) is 18.3. The fourth-order valence-corrected chi connectivity index (χ4v) is 2.39. The van der Waals surface area contributed by atoms with Crippen molar-refractivity contribution < 1.29 is 38.0 Å². The number of carbonyl (C=O) groups excluding carboxylic acids is 2. The largest absolute Gasteiger partial charge is 0.460 e. The Balaban J connectivity index is 3.68. The summed E-state index contributed by atoms with van der Waals surface area (Å²) in [7, 11) is 0. The van der Waals surface area contributed by atoms with Crippen LogP contribution in [-0.4, -0.2) is 64.2 Å². The van der Waals surface area contributed by atoms with Gasteiger partial charge in [-0.2, -0.15) is 0 Å². The number of esters is 2. The smallest absolute Gasteiger partial charge is 0.305 e. The van der Waals surface area contributed by atoms with Gasteiger partial charge in [0.05, 0.1) is 0 Å². The van der Waals surface area contributed by atoms with Gasteiger partial charge in [0.15, 0.2) is 12.6 Å². The first-order chi connectivity index (χ1) is 13.6. The minimum absolute atomic E-state index is 0.108. The van der Waals surface area contributed by atoms with Crippen molar-refractivity contribution in [1.29, 1.82) is 0 Å². The molecule has 0 unspecified atom stereocenters. The summed E-state index contributed by atoms with van der Waals surface area (Å²) < 4.78 is 31.6. The van der Waals surface area contributed by atoms with Crippen molar-refractivity contribution in [2.45, 2.75) is 78.8 Å². The molecule has 0 radical (unpaired) electrons. The van der Waals surface area contributed by atoms with Crippen LogP contribution in [0.25, 0.3) is 0 Å². The minimum atomic E-state index is -0.505. The lowest BCUT2D eigenvalue weighted by molar-refractivity contribution is -0.179. The van der Waals surface area contributed by atoms with E-state index in [1.807, 2.05) is 27.7 Å². The molecule has 0 aromatic heterocycles. The predicted octanol–water partition coefficient (Wildman–Crippen LogP) is 3.21. The van der Waals surface area contributed by atoms with Crippen LogP contribution < -0.4 is 0 Å². The van der Waals surface area contributed by atoms with E-state index in [0.717, 1.165) is 25.7 Å². The lowest BCUT2D eigenvalue weighted by Gasteiger charge is -2.16. The predicted molar refractivity (Wildman–Crippen MR) is 104 cm³/mol. The molecule has 0 aliphatic rings. The quantitative estimate of drug-likeness (QED) is 0.183. The fraction of sp³-hybridized carbons (Fsp3) is 0.900. The standard InChI is InChI=1S/C20H38O8/c1-5-23-19(24-6-2)15-27-17(21)13-11-9-10-12-14-18(22)28-16-20(25-7-3)26-8-4/h19-20H,5-16H2,1-4H3. The Morgan fingerprint density at radius 1 is 0.571 bits per heavy atom. The van der Waals surface area contributed by atoms with Crippen LogP contribution in [0.5, 0.6) is 0 Å². The lowest BCUT2D eigenvalue weighted by atomic mass is 10.1. The van der Waals surface area contributed by atoms with Gasteiger partial charge < -0.3 is 28.4 Å². The van der Waals surface area contributed by atoms with Crippen LogP contribution in [0, 0.1) is 0 Å². The molecule has 166 valence electrons. The van der Waals surface area contributed by atoms with Gasteiger partial charge in [0, 0.05) is 39.3 Å². The van der Waals surface area contributed by atoms with E-state index in [4.69, 9.17) is 28.4 Å². The van der Waals surface area contributed by atoms with Crippen molar-refractivity contribution in [3.05, 3.63) is 0 Å². The molecule has 0 aliphatic heterocycles. The fourth-order valence-electron chi connectivity index (χ4n) is 2.39. The second-order valence-electron chi connectivity index (χ2n) is 5.96. The highest BCUT2D eigenvalue weighted by Crippen LogP contribution is 2.08. The summed E-state index contributed by atoms with van der Waals surface area (Å²) in [5.74, 6) is -0.525. The van der Waals surface area contributed by atoms with Crippen molar-refractivity contribution in [2.24, 2.45) is 0 Å². The zero-order valence-electron chi connectivity index (χ0n) is 17.9. The first kappa shape index (κ1) is 26.8. The van der Waals surface area contributed by atoms with Gasteiger partial charge in [-0.1, -0.05) is 12.8 Å². The van der Waals surface area contributed by atoms with E-state index in [0.29, 0.717) is 39.3 Å². The molecule has 0 N–H and O–H groups in total. The number of hydrogen-bond acceptors (Lipinski definition) is 8. The molecule has 0 fully saturated rings. The zero-order valence-corrected chi connectivity index (χ0v) is 17.9. The monoisotopic (exact) mass is 406 g/mol. The minimum Gasteiger partial charge on any atom is -0.460 e. The maximum atomic E-state index is 11.7. The Hall–Kier alpha value is -1.22. The summed E-state index contributed by atoms with van der Waals surface area (Å²) in [6.07, 6.45) is 2.83. The number of hydrogen-bond donors (Lipinski definition) is 0. The van der Waals surface area contributed by atoms with Gasteiger partial charge in [0.25, 0.3) is 0 Å². The molecule has 0 saturated carbocycles. The van der Waals surface area contributed by atoms with Gasteiger partial charge >= 0.3 is 11.9 Å². The average Bonchev–Trinajstić information content (AvgIpc) is 2.67. The molecule has 0 aromatic rings. The summed E-state index contributed by atoms with van der Waals surface area (Å²) in [6, 6.07) is 0. The zero-order chi connectivity index (χ0) is 21.0. The van der Waals surface area contributed by atoms with Crippen molar-refractivity contribution in [1.82, 2.24) is 0 Å². The molecule has 28 heavy (non-hydrogen) atoms. The van der Waals surface area contributed by atoms with Gasteiger partial charge in [-0.3, -0.25) is 9.59 Å². The first-order valence-electron chi connectivity index (χ1n) is 10.3. The molecule has 0 amide bonds. The third-order valence-electron chi connectivity index (χ3n) is 3.68. The molecular weight excluding hydrogens is 368 g/mol. The van der Waals surface area contributed by atoms with Crippen LogP contribution in [0.1, 0.15) is 66.2 Å². The number of unbranched alkanes of at least 4 members (excludes halogenated alkanes) is 3. The van der Waals surface area contributed by atoms with Crippen LogP contribution in [0.15, 0.2) is 0 Å². The maximum absolute atomic E-state index is 11.7. The Morgan fingerprint density at radius 3 is 1.18 bits per heavy atom. The summed E-state index contributed by atoms with van der Waals surface area (Å²) in [5, 5.41) is 0. The van der Waals surface area contributed by atoms with Gasteiger partial charge in [-0.05, 0) is 40.5 Å². The van der Waals surface area contributed by atoms with Crippen molar-refractivity contribution in [2.75, 3.05) is 39.6 Å². The third kappa shape index (κ3) is 15.8. The van der Waals surface area contributed by atoms with E-state index in [1.54, 1.807) is 0 Å². The summed E-state index contributed by atoms with van der Waals surface area (Å²) in [4.78, 5) is 23.4. The number of carbonyl (C=O) groups is 2. The Bertz CT molecular complexity index is 340. The molecule has 8 heteroatoms. The van der Waals surface area contributed by atoms with E-state index in [9.17, 15) is 9.59 Å². The van der Waals surface area contributed by atoms with Crippen molar-refractivity contribution in [3.63, 3.8) is 0 Å². The molecule has 0 bridgehead atoms. The first-order valence-corrected chi connectivity index (χ1v) is 10.3. The average molecular weight is 407 g/mol. The highest BCUT2D eigenvalue weighted by Gasteiger charge is 2.13. The van der Waals surface area contributed by atoms with E-state index in [-0.39, 0.29) is 25.2 Å². The number of ether oxygens (including phenoxy) is 6. The van der Waals surface area contributed by atoms with E-state index < -0.39 is 12.6 Å². The summed E-state index contributed by atoms with van der Waals surface area (Å²) in [6.45, 7) is 9.67. The van der Waals surface area contributed by atoms with Crippen molar-refractivity contribution in [3.8, 4) is 0 Å². The lowest BCUT2D eigenvalue weighted by Crippen LogP contribution is -2.25. The Labute approximate surface area is 169 Å². The Morgan fingerprint density at radius 2 is 0.893 bits per heavy atom. The summed E-state index contributed by atoms with van der Waals surface area (Å²) >= 11 is 0. The molecular formula is C20H38O8. The summed E-state index contributed by atoms with van der Waals surface area (Å²) in [5.41, 5.74) is 0. The maximum Gasteiger partial charge on any atom is 0.305 e. The molecule has 0 aromatic carbocycles. The normalized spacial score (nSPS) is 11.2. The van der Waals surface area contributed by atoms with Gasteiger partial charge in [0.2, 0.25) is 0 Å². The second-order valence-corrected chi connectivity index (χ2v) is 5.96. The molecule has 8 nitrogen and oxygen atoms in total. The molecule has 0 aliphatic carbocycles. The SMILES string of the molecule is CCOC(COC(=O)CCCCCCC(=O)OCC(OCC)OCC)OCC. The van der Waals surface area contributed by atoms with E-state index >= 15 is 0 Å². The highest BCUT2D eigenvalue weighted by molar-refractivity contribution is 5.69. The van der Waals surface area contributed by atoms with E-state index in [2.05, 4.69) is 0 Å². The number of rotatable bonds is 19. The molecule has 0 saturated heterocycles. The van der Waals surface area contributed by atoms with E-state index in [1.165, 1.54) is 0 Å². The molecule has 0 heterocycles. The molecule has 0 spiro atoms. The van der Waals surface area contributed by atoms with Crippen LogP contribution in [0.3, 0.4) is 0 Å². The van der Waals surface area contributed by atoms with Gasteiger partial charge in [-0.25, -0.2) is 0 Å². The molecule has 0 atom stereocenters. The van der Waals surface area contributed by atoms with Crippen LogP contribution in [0.2, 0.25) is 0 Å². The van der Waals surface area contributed by atoms with Crippen LogP contribution in [-0.2, 0) is 38.0 Å². The third-order valence-corrected chi connectivity index (χ3v) is 3.68. The highest BCUT2D eigenvalue weighted by atomic mass is 16.7. The van der Waals surface area contributed by atoms with Gasteiger partial charge in [0.1, 0.15) is 13.2 Å². The topological polar surface area (TPSA) is 89.5 Å². The van der Waals surface area contributed by atoms with Crippen LogP contribution >= 0.6 is 0 Å².